The molecule has 1 unspecified atom stereocenters. The smallest absolute Gasteiger partial charge is 0.234 e. The lowest BCUT2D eigenvalue weighted by Gasteiger charge is -2.23. The highest BCUT2D eigenvalue weighted by atomic mass is 16.2. The Morgan fingerprint density at radius 1 is 1.57 bits per heavy atom. The van der Waals surface area contributed by atoms with E-state index < -0.39 is 0 Å². The Kier molecular flexibility index (Phi) is 4.90. The summed E-state index contributed by atoms with van der Waals surface area (Å²) >= 11 is 0. The fourth-order valence-corrected chi connectivity index (χ4v) is 2.01. The second-order valence-corrected chi connectivity index (χ2v) is 3.78. The summed E-state index contributed by atoms with van der Waals surface area (Å²) in [7, 11) is 1.96. The Bertz CT molecular complexity index is 184. The highest BCUT2D eigenvalue weighted by molar-refractivity contribution is 5.78. The van der Waals surface area contributed by atoms with E-state index in [1.54, 1.807) is 0 Å². The molecule has 1 rings (SSSR count). The quantitative estimate of drug-likeness (QED) is 0.645. The summed E-state index contributed by atoms with van der Waals surface area (Å²) in [5.41, 5.74) is 0. The first-order valence-corrected chi connectivity index (χ1v) is 5.43. The number of likely N-dealkylation sites (N-methyl/N-ethyl adjacent to an activating group) is 2. The number of amides is 1. The van der Waals surface area contributed by atoms with E-state index in [4.69, 9.17) is 0 Å². The Hall–Kier alpha value is -0.610. The molecular weight excluding hydrogens is 178 g/mol. The standard InChI is InChI=1S/C10H21N3O/c1-3-12-10(14)8-13-6-4-5-9(13)7-11-2/h9,11H,3-8H2,1-2H3,(H,12,14). The van der Waals surface area contributed by atoms with Crippen molar-refractivity contribution in [1.82, 2.24) is 15.5 Å². The molecule has 0 bridgehead atoms. The average molecular weight is 199 g/mol. The van der Waals surface area contributed by atoms with E-state index in [-0.39, 0.29) is 5.91 Å². The minimum absolute atomic E-state index is 0.149. The van der Waals surface area contributed by atoms with Gasteiger partial charge < -0.3 is 10.6 Å². The number of carbonyl (C=O) groups is 1. The molecule has 2 N–H and O–H groups in total. The molecule has 0 aromatic heterocycles. The first-order chi connectivity index (χ1) is 6.77. The van der Waals surface area contributed by atoms with E-state index in [9.17, 15) is 4.79 Å². The lowest BCUT2D eigenvalue weighted by molar-refractivity contribution is -0.122. The van der Waals surface area contributed by atoms with Crippen molar-refractivity contribution in [3.05, 3.63) is 0 Å². The van der Waals surface area contributed by atoms with Crippen LogP contribution in [0.3, 0.4) is 0 Å². The third kappa shape index (κ3) is 3.27. The number of likely N-dealkylation sites (tertiary alicyclic amines) is 1. The molecule has 1 aliphatic heterocycles. The number of carbonyl (C=O) groups excluding carboxylic acids is 1. The first kappa shape index (κ1) is 11.5. The highest BCUT2D eigenvalue weighted by Gasteiger charge is 2.24. The highest BCUT2D eigenvalue weighted by Crippen LogP contribution is 2.15. The number of nitrogens with zero attached hydrogens (tertiary/aromatic N) is 1. The summed E-state index contributed by atoms with van der Waals surface area (Å²) in [5, 5.41) is 6.01. The maximum absolute atomic E-state index is 11.4. The number of hydrogen-bond donors (Lipinski definition) is 2. The third-order valence-corrected chi connectivity index (χ3v) is 2.66. The molecular formula is C10H21N3O. The lowest BCUT2D eigenvalue weighted by Crippen LogP contribution is -2.43. The number of rotatable bonds is 5. The minimum Gasteiger partial charge on any atom is -0.355 e. The second kappa shape index (κ2) is 5.98. The maximum atomic E-state index is 11.4. The van der Waals surface area contributed by atoms with Gasteiger partial charge in [-0.2, -0.15) is 0 Å². The molecule has 1 amide bonds. The molecule has 0 aliphatic carbocycles. The van der Waals surface area contributed by atoms with Gasteiger partial charge in [-0.1, -0.05) is 0 Å². The lowest BCUT2D eigenvalue weighted by atomic mass is 10.2. The zero-order valence-corrected chi connectivity index (χ0v) is 9.18. The minimum atomic E-state index is 0.149. The summed E-state index contributed by atoms with van der Waals surface area (Å²) in [4.78, 5) is 13.6. The van der Waals surface area contributed by atoms with Crippen LogP contribution in [0.5, 0.6) is 0 Å². The van der Waals surface area contributed by atoms with Gasteiger partial charge in [-0.25, -0.2) is 0 Å². The average Bonchev–Trinajstić information content (AvgIpc) is 2.54. The molecule has 1 heterocycles. The van der Waals surface area contributed by atoms with Crippen LogP contribution in [0.1, 0.15) is 19.8 Å². The van der Waals surface area contributed by atoms with E-state index in [0.29, 0.717) is 12.6 Å². The summed E-state index contributed by atoms with van der Waals surface area (Å²) in [6.45, 7) is 5.28. The van der Waals surface area contributed by atoms with Crippen LogP contribution in [0, 0.1) is 0 Å². The van der Waals surface area contributed by atoms with Crippen molar-refractivity contribution in [3.8, 4) is 0 Å². The molecule has 1 aliphatic rings. The molecule has 4 heteroatoms. The molecule has 82 valence electrons. The molecule has 0 radical (unpaired) electrons. The van der Waals surface area contributed by atoms with Crippen molar-refractivity contribution in [2.24, 2.45) is 0 Å². The van der Waals surface area contributed by atoms with Gasteiger partial charge in [-0.05, 0) is 33.4 Å². The van der Waals surface area contributed by atoms with E-state index in [2.05, 4.69) is 15.5 Å². The van der Waals surface area contributed by atoms with Crippen molar-refractivity contribution in [2.75, 3.05) is 33.2 Å². The monoisotopic (exact) mass is 199 g/mol. The Balaban J connectivity index is 2.31. The predicted octanol–water partition coefficient (Wildman–Crippen LogP) is -0.194. The maximum Gasteiger partial charge on any atom is 0.234 e. The molecule has 0 aromatic rings. The fourth-order valence-electron chi connectivity index (χ4n) is 2.01. The fraction of sp³-hybridized carbons (Fsp3) is 0.900. The van der Waals surface area contributed by atoms with E-state index in [1.807, 2.05) is 14.0 Å². The molecule has 4 nitrogen and oxygen atoms in total. The topological polar surface area (TPSA) is 44.4 Å². The summed E-state index contributed by atoms with van der Waals surface area (Å²) in [5.74, 6) is 0.149. The van der Waals surface area contributed by atoms with Crippen molar-refractivity contribution < 1.29 is 4.79 Å². The molecule has 0 aromatic carbocycles. The van der Waals surface area contributed by atoms with Gasteiger partial charge in [0.25, 0.3) is 0 Å². The van der Waals surface area contributed by atoms with E-state index >= 15 is 0 Å². The van der Waals surface area contributed by atoms with Gasteiger partial charge in [0.05, 0.1) is 6.54 Å². The van der Waals surface area contributed by atoms with Gasteiger partial charge in [0, 0.05) is 19.1 Å². The molecule has 0 spiro atoms. The molecule has 0 saturated carbocycles. The van der Waals surface area contributed by atoms with Crippen LogP contribution in [0.2, 0.25) is 0 Å². The Labute approximate surface area is 86.0 Å². The van der Waals surface area contributed by atoms with Crippen LogP contribution < -0.4 is 10.6 Å². The van der Waals surface area contributed by atoms with Crippen LogP contribution in [0.4, 0.5) is 0 Å². The van der Waals surface area contributed by atoms with Crippen LogP contribution in [-0.4, -0.2) is 50.1 Å². The third-order valence-electron chi connectivity index (χ3n) is 2.66. The van der Waals surface area contributed by atoms with E-state index in [1.165, 1.54) is 12.8 Å². The van der Waals surface area contributed by atoms with E-state index in [0.717, 1.165) is 19.6 Å². The number of hydrogen-bond acceptors (Lipinski definition) is 3. The predicted molar refractivity (Wildman–Crippen MR) is 57.2 cm³/mol. The van der Waals surface area contributed by atoms with Crippen LogP contribution in [0.25, 0.3) is 0 Å². The van der Waals surface area contributed by atoms with Crippen LogP contribution in [-0.2, 0) is 4.79 Å². The van der Waals surface area contributed by atoms with Gasteiger partial charge in [0.2, 0.25) is 5.91 Å². The second-order valence-electron chi connectivity index (χ2n) is 3.78. The van der Waals surface area contributed by atoms with Crippen molar-refractivity contribution in [1.29, 1.82) is 0 Å². The SMILES string of the molecule is CCNC(=O)CN1CCCC1CNC. The van der Waals surface area contributed by atoms with Crippen LogP contribution in [0.15, 0.2) is 0 Å². The van der Waals surface area contributed by atoms with Gasteiger partial charge in [-0.15, -0.1) is 0 Å². The van der Waals surface area contributed by atoms with Gasteiger partial charge >= 0.3 is 0 Å². The number of nitrogens with one attached hydrogen (secondary N) is 2. The largest absolute Gasteiger partial charge is 0.355 e. The molecule has 1 saturated heterocycles. The van der Waals surface area contributed by atoms with Crippen molar-refractivity contribution in [3.63, 3.8) is 0 Å². The van der Waals surface area contributed by atoms with Gasteiger partial charge in [-0.3, -0.25) is 9.69 Å². The van der Waals surface area contributed by atoms with Gasteiger partial charge in [0.15, 0.2) is 0 Å². The molecule has 1 fully saturated rings. The zero-order chi connectivity index (χ0) is 10.4. The Morgan fingerprint density at radius 2 is 2.36 bits per heavy atom. The normalized spacial score (nSPS) is 22.6. The summed E-state index contributed by atoms with van der Waals surface area (Å²) in [6, 6.07) is 0.544. The zero-order valence-electron chi connectivity index (χ0n) is 9.18. The van der Waals surface area contributed by atoms with Crippen molar-refractivity contribution >= 4 is 5.91 Å². The van der Waals surface area contributed by atoms with Crippen LogP contribution >= 0.6 is 0 Å². The van der Waals surface area contributed by atoms with Crippen molar-refractivity contribution in [2.45, 2.75) is 25.8 Å². The first-order valence-electron chi connectivity index (χ1n) is 5.43. The summed E-state index contributed by atoms with van der Waals surface area (Å²) < 4.78 is 0. The molecule has 14 heavy (non-hydrogen) atoms. The summed E-state index contributed by atoms with van der Waals surface area (Å²) in [6.07, 6.45) is 2.42. The van der Waals surface area contributed by atoms with Gasteiger partial charge in [0.1, 0.15) is 0 Å². The molecule has 1 atom stereocenters. The Morgan fingerprint density at radius 3 is 3.00 bits per heavy atom.